The van der Waals surface area contributed by atoms with E-state index < -0.39 is 0 Å². The van der Waals surface area contributed by atoms with Crippen molar-refractivity contribution in [3.63, 3.8) is 0 Å². The fourth-order valence-corrected chi connectivity index (χ4v) is 6.10. The average molecular weight is 395 g/mol. The van der Waals surface area contributed by atoms with Crippen molar-refractivity contribution in [1.82, 2.24) is 5.32 Å². The number of anilines is 1. The summed E-state index contributed by atoms with van der Waals surface area (Å²) >= 11 is 2.08. The smallest absolute Gasteiger partial charge is 0.224 e. The molecule has 2 heterocycles. The molecule has 5 heteroatoms. The van der Waals surface area contributed by atoms with E-state index in [2.05, 4.69) is 40.6 Å². The molecule has 1 aromatic rings. The molecule has 2 unspecified atom stereocenters. The van der Waals surface area contributed by atoms with Crippen LogP contribution >= 0.6 is 24.2 Å². The Kier molecular flexibility index (Phi) is 7.30. The van der Waals surface area contributed by atoms with Crippen LogP contribution in [-0.4, -0.2) is 23.2 Å². The summed E-state index contributed by atoms with van der Waals surface area (Å²) in [6, 6.07) is 9.76. The summed E-state index contributed by atoms with van der Waals surface area (Å²) < 4.78 is 0. The van der Waals surface area contributed by atoms with E-state index in [1.807, 2.05) is 6.07 Å². The van der Waals surface area contributed by atoms with E-state index in [-0.39, 0.29) is 18.3 Å². The van der Waals surface area contributed by atoms with Gasteiger partial charge in [0.15, 0.2) is 0 Å². The van der Waals surface area contributed by atoms with Gasteiger partial charge in [0.2, 0.25) is 5.91 Å². The third kappa shape index (κ3) is 5.40. The highest BCUT2D eigenvalue weighted by atomic mass is 35.5. The largest absolute Gasteiger partial charge is 0.326 e. The lowest BCUT2D eigenvalue weighted by Gasteiger charge is -2.28. The molecule has 2 aliphatic heterocycles. The molecule has 2 N–H and O–H groups in total. The summed E-state index contributed by atoms with van der Waals surface area (Å²) in [4.78, 5) is 12.5. The zero-order valence-electron chi connectivity index (χ0n) is 15.4. The van der Waals surface area contributed by atoms with Crippen molar-refractivity contribution < 1.29 is 4.79 Å². The molecule has 144 valence electrons. The van der Waals surface area contributed by atoms with Crippen molar-refractivity contribution in [2.75, 3.05) is 5.32 Å². The molecule has 3 nitrogen and oxygen atoms in total. The quantitative estimate of drug-likeness (QED) is 0.701. The number of fused-ring (bicyclic) bond motifs is 2. The Morgan fingerprint density at radius 1 is 1.12 bits per heavy atom. The molecule has 2 bridgehead atoms. The number of carbonyl (C=O) groups is 1. The van der Waals surface area contributed by atoms with Gasteiger partial charge >= 0.3 is 0 Å². The highest BCUT2D eigenvalue weighted by Gasteiger charge is 2.34. The number of nitrogens with one attached hydrogen (secondary N) is 2. The van der Waals surface area contributed by atoms with Gasteiger partial charge < -0.3 is 10.6 Å². The summed E-state index contributed by atoms with van der Waals surface area (Å²) in [7, 11) is 0. The Bertz CT molecular complexity index is 593. The predicted molar refractivity (Wildman–Crippen MR) is 113 cm³/mol. The summed E-state index contributed by atoms with van der Waals surface area (Å²) in [5.41, 5.74) is 2.29. The Hall–Kier alpha value is -0.710. The molecule has 1 saturated carbocycles. The van der Waals surface area contributed by atoms with Crippen molar-refractivity contribution in [2.45, 2.75) is 80.9 Å². The molecule has 1 aromatic carbocycles. The highest BCUT2D eigenvalue weighted by Crippen LogP contribution is 2.33. The minimum absolute atomic E-state index is 0. The maximum Gasteiger partial charge on any atom is 0.224 e. The number of rotatable bonds is 6. The van der Waals surface area contributed by atoms with Gasteiger partial charge in [0.05, 0.1) is 0 Å². The first kappa shape index (κ1) is 20.0. The lowest BCUT2D eigenvalue weighted by Crippen LogP contribution is -2.39. The standard InChI is InChI=1S/C21H30N2OS.ClH/c24-21(13-16-11-18-8-9-19(12-16)22-18)23-17-5-3-4-15(10-17)14-25-20-6-1-2-7-20;/h3-5,10,16,18-20,22H,1-2,6-9,11-14H2,(H,23,24);1H. The minimum atomic E-state index is 0. The SMILES string of the molecule is Cl.O=C(CC1CC2CCC(C1)N2)Nc1cccc(CSC2CCCC2)c1. The van der Waals surface area contributed by atoms with Crippen LogP contribution in [0.5, 0.6) is 0 Å². The first-order valence-corrected chi connectivity index (χ1v) is 11.1. The molecule has 3 aliphatic rings. The van der Waals surface area contributed by atoms with Crippen LogP contribution in [0.4, 0.5) is 5.69 Å². The van der Waals surface area contributed by atoms with Crippen LogP contribution in [-0.2, 0) is 10.5 Å². The number of benzene rings is 1. The molecule has 0 radical (unpaired) electrons. The highest BCUT2D eigenvalue weighted by molar-refractivity contribution is 7.99. The van der Waals surface area contributed by atoms with E-state index in [0.29, 0.717) is 24.4 Å². The first-order valence-electron chi connectivity index (χ1n) is 10.0. The van der Waals surface area contributed by atoms with Crippen LogP contribution < -0.4 is 10.6 Å². The minimum Gasteiger partial charge on any atom is -0.326 e. The van der Waals surface area contributed by atoms with E-state index >= 15 is 0 Å². The molecule has 1 aliphatic carbocycles. The number of hydrogen-bond donors (Lipinski definition) is 2. The second kappa shape index (κ2) is 9.48. The van der Waals surface area contributed by atoms with Crippen molar-refractivity contribution in [2.24, 2.45) is 5.92 Å². The topological polar surface area (TPSA) is 41.1 Å². The monoisotopic (exact) mass is 394 g/mol. The van der Waals surface area contributed by atoms with Crippen molar-refractivity contribution in [1.29, 1.82) is 0 Å². The molecule has 0 aromatic heterocycles. The van der Waals surface area contributed by atoms with E-state index in [9.17, 15) is 4.79 Å². The van der Waals surface area contributed by atoms with Gasteiger partial charge in [-0.2, -0.15) is 11.8 Å². The third-order valence-electron chi connectivity index (χ3n) is 6.04. The maximum absolute atomic E-state index is 12.5. The second-order valence-electron chi connectivity index (χ2n) is 8.15. The maximum atomic E-state index is 12.5. The third-order valence-corrected chi connectivity index (χ3v) is 7.49. The number of halogens is 1. The normalized spacial score (nSPS) is 27.9. The van der Waals surface area contributed by atoms with Crippen LogP contribution in [0.15, 0.2) is 24.3 Å². The van der Waals surface area contributed by atoms with E-state index in [0.717, 1.165) is 16.7 Å². The van der Waals surface area contributed by atoms with E-state index in [4.69, 9.17) is 0 Å². The second-order valence-corrected chi connectivity index (χ2v) is 9.43. The Balaban J connectivity index is 0.00000196. The predicted octanol–water partition coefficient (Wildman–Crippen LogP) is 5.14. The van der Waals surface area contributed by atoms with Crippen molar-refractivity contribution >= 4 is 35.8 Å². The Labute approximate surface area is 167 Å². The fourth-order valence-electron chi connectivity index (χ4n) is 4.82. The van der Waals surface area contributed by atoms with Gasteiger partial charge in [0.25, 0.3) is 0 Å². The van der Waals surface area contributed by atoms with Gasteiger partial charge in [0.1, 0.15) is 0 Å². The van der Waals surface area contributed by atoms with Gasteiger partial charge in [-0.1, -0.05) is 25.0 Å². The number of carbonyl (C=O) groups excluding carboxylic acids is 1. The molecule has 2 saturated heterocycles. The first-order chi connectivity index (χ1) is 12.2. The molecule has 3 fully saturated rings. The molecule has 0 spiro atoms. The lowest BCUT2D eigenvalue weighted by molar-refractivity contribution is -0.117. The number of amides is 1. The van der Waals surface area contributed by atoms with Crippen LogP contribution in [0, 0.1) is 5.92 Å². The van der Waals surface area contributed by atoms with E-state index in [1.54, 1.807) is 0 Å². The Morgan fingerprint density at radius 3 is 2.58 bits per heavy atom. The van der Waals surface area contributed by atoms with Crippen LogP contribution in [0.3, 0.4) is 0 Å². The van der Waals surface area contributed by atoms with Crippen LogP contribution in [0.2, 0.25) is 0 Å². The molecule has 26 heavy (non-hydrogen) atoms. The summed E-state index contributed by atoms with van der Waals surface area (Å²) in [5, 5.41) is 7.63. The summed E-state index contributed by atoms with van der Waals surface area (Å²) in [6.07, 6.45) is 11.1. The number of thioether (sulfide) groups is 1. The van der Waals surface area contributed by atoms with E-state index in [1.165, 1.54) is 56.9 Å². The molecule has 2 atom stereocenters. The zero-order chi connectivity index (χ0) is 17.1. The van der Waals surface area contributed by atoms with Gasteiger partial charge in [-0.25, -0.2) is 0 Å². The summed E-state index contributed by atoms with van der Waals surface area (Å²) in [5.74, 6) is 1.80. The molecular weight excluding hydrogens is 364 g/mol. The van der Waals surface area contributed by atoms with Crippen molar-refractivity contribution in [3.05, 3.63) is 29.8 Å². The van der Waals surface area contributed by atoms with Crippen molar-refractivity contribution in [3.8, 4) is 0 Å². The van der Waals surface area contributed by atoms with Gasteiger partial charge in [-0.3, -0.25) is 4.79 Å². The fraction of sp³-hybridized carbons (Fsp3) is 0.667. The van der Waals surface area contributed by atoms with Gasteiger partial charge in [-0.15, -0.1) is 12.4 Å². The lowest BCUT2D eigenvalue weighted by atomic mass is 9.89. The number of hydrogen-bond acceptors (Lipinski definition) is 3. The Morgan fingerprint density at radius 2 is 1.85 bits per heavy atom. The van der Waals surface area contributed by atoms with Crippen LogP contribution in [0.25, 0.3) is 0 Å². The number of piperidine rings is 1. The van der Waals surface area contributed by atoms with Crippen LogP contribution in [0.1, 0.15) is 63.4 Å². The zero-order valence-corrected chi connectivity index (χ0v) is 17.0. The summed E-state index contributed by atoms with van der Waals surface area (Å²) in [6.45, 7) is 0. The van der Waals surface area contributed by atoms with Gasteiger partial charge in [-0.05, 0) is 62.1 Å². The molecule has 4 rings (SSSR count). The molecule has 1 amide bonds. The molecular formula is C21H31ClN2OS. The average Bonchev–Trinajstić information content (AvgIpc) is 3.23. The van der Waals surface area contributed by atoms with Gasteiger partial charge in [0, 0.05) is 35.2 Å².